The molecule has 1 aromatic carbocycles. The largest absolute Gasteiger partial charge is 0.461 e. The number of hydrogen-bond acceptors (Lipinski definition) is 3. The molecule has 0 N–H and O–H groups in total. The van der Waals surface area contributed by atoms with Gasteiger partial charge >= 0.3 is 5.97 Å². The van der Waals surface area contributed by atoms with Gasteiger partial charge in [0.1, 0.15) is 12.4 Å². The van der Waals surface area contributed by atoms with Crippen molar-refractivity contribution in [3.05, 3.63) is 35.6 Å². The van der Waals surface area contributed by atoms with Crippen molar-refractivity contribution in [2.24, 2.45) is 0 Å². The number of benzene rings is 1. The van der Waals surface area contributed by atoms with Crippen LogP contribution in [0.15, 0.2) is 24.3 Å². The summed E-state index contributed by atoms with van der Waals surface area (Å²) in [4.78, 5) is 11.3. The van der Waals surface area contributed by atoms with E-state index in [2.05, 4.69) is 0 Å². The maximum absolute atomic E-state index is 12.8. The summed E-state index contributed by atoms with van der Waals surface area (Å²) in [5.41, 5.74) is 0.656. The molecular formula is C13H17FO3. The molecule has 0 fully saturated rings. The summed E-state index contributed by atoms with van der Waals surface area (Å²) in [7, 11) is 0. The van der Waals surface area contributed by atoms with Gasteiger partial charge in [-0.1, -0.05) is 12.1 Å². The minimum absolute atomic E-state index is 0.116. The SMILES string of the molecule is CCOCCCC(=O)OCc1cccc(F)c1. The predicted molar refractivity (Wildman–Crippen MR) is 61.9 cm³/mol. The molecule has 4 heteroatoms. The first-order valence-electron chi connectivity index (χ1n) is 5.70. The molecule has 0 heterocycles. The number of esters is 1. The van der Waals surface area contributed by atoms with E-state index < -0.39 is 0 Å². The van der Waals surface area contributed by atoms with E-state index in [0.29, 0.717) is 31.6 Å². The van der Waals surface area contributed by atoms with Crippen LogP contribution in [0.5, 0.6) is 0 Å². The number of ether oxygens (including phenoxy) is 2. The highest BCUT2D eigenvalue weighted by Gasteiger charge is 2.03. The van der Waals surface area contributed by atoms with Crippen LogP contribution in [0.3, 0.4) is 0 Å². The van der Waals surface area contributed by atoms with Gasteiger partial charge in [0, 0.05) is 19.6 Å². The lowest BCUT2D eigenvalue weighted by atomic mass is 10.2. The van der Waals surface area contributed by atoms with Gasteiger partial charge in [0.25, 0.3) is 0 Å². The van der Waals surface area contributed by atoms with Crippen LogP contribution in [-0.2, 0) is 20.9 Å². The van der Waals surface area contributed by atoms with Gasteiger partial charge in [0.05, 0.1) is 0 Å². The number of carbonyl (C=O) groups is 1. The quantitative estimate of drug-likeness (QED) is 0.543. The average molecular weight is 240 g/mol. The smallest absolute Gasteiger partial charge is 0.306 e. The molecule has 0 unspecified atom stereocenters. The highest BCUT2D eigenvalue weighted by atomic mass is 19.1. The number of carbonyl (C=O) groups excluding carboxylic acids is 1. The lowest BCUT2D eigenvalue weighted by molar-refractivity contribution is -0.145. The molecule has 0 aliphatic heterocycles. The van der Waals surface area contributed by atoms with Gasteiger partial charge in [-0.3, -0.25) is 4.79 Å². The fourth-order valence-electron chi connectivity index (χ4n) is 1.33. The topological polar surface area (TPSA) is 35.5 Å². The lowest BCUT2D eigenvalue weighted by Crippen LogP contribution is -2.06. The fourth-order valence-corrected chi connectivity index (χ4v) is 1.33. The molecule has 0 spiro atoms. The van der Waals surface area contributed by atoms with E-state index >= 15 is 0 Å². The molecule has 0 saturated carbocycles. The summed E-state index contributed by atoms with van der Waals surface area (Å²) in [6.07, 6.45) is 0.977. The molecule has 0 saturated heterocycles. The zero-order valence-corrected chi connectivity index (χ0v) is 9.95. The molecule has 0 amide bonds. The molecule has 0 bridgehead atoms. The number of halogens is 1. The fraction of sp³-hybridized carbons (Fsp3) is 0.462. The molecule has 0 atom stereocenters. The number of hydrogen-bond donors (Lipinski definition) is 0. The van der Waals surface area contributed by atoms with Crippen LogP contribution in [0, 0.1) is 5.82 Å². The van der Waals surface area contributed by atoms with E-state index in [1.807, 2.05) is 6.92 Å². The van der Waals surface area contributed by atoms with Gasteiger partial charge < -0.3 is 9.47 Å². The minimum atomic E-state index is -0.324. The second-order valence-electron chi connectivity index (χ2n) is 3.59. The maximum Gasteiger partial charge on any atom is 0.306 e. The van der Waals surface area contributed by atoms with Crippen molar-refractivity contribution in [1.29, 1.82) is 0 Å². The van der Waals surface area contributed by atoms with Gasteiger partial charge in [-0.15, -0.1) is 0 Å². The van der Waals surface area contributed by atoms with Gasteiger partial charge in [-0.25, -0.2) is 4.39 Å². The normalized spacial score (nSPS) is 10.2. The predicted octanol–water partition coefficient (Wildman–Crippen LogP) is 2.69. The summed E-state index contributed by atoms with van der Waals surface area (Å²) >= 11 is 0. The lowest BCUT2D eigenvalue weighted by Gasteiger charge is -2.05. The van der Waals surface area contributed by atoms with Crippen molar-refractivity contribution in [2.45, 2.75) is 26.4 Å². The van der Waals surface area contributed by atoms with E-state index in [1.165, 1.54) is 12.1 Å². The second kappa shape index (κ2) is 7.79. The van der Waals surface area contributed by atoms with E-state index in [4.69, 9.17) is 9.47 Å². The second-order valence-corrected chi connectivity index (χ2v) is 3.59. The molecule has 17 heavy (non-hydrogen) atoms. The Kier molecular flexibility index (Phi) is 6.25. The highest BCUT2D eigenvalue weighted by molar-refractivity contribution is 5.69. The van der Waals surface area contributed by atoms with Crippen LogP contribution < -0.4 is 0 Å². The molecule has 0 aliphatic rings. The Morgan fingerprint density at radius 2 is 2.24 bits per heavy atom. The molecule has 1 rings (SSSR count). The molecule has 94 valence electrons. The third-order valence-electron chi connectivity index (χ3n) is 2.16. The Bertz CT molecular complexity index is 352. The van der Waals surface area contributed by atoms with Crippen LogP contribution in [0.1, 0.15) is 25.3 Å². The Hall–Kier alpha value is -1.42. The molecular weight excluding hydrogens is 223 g/mol. The summed E-state index contributed by atoms with van der Waals surface area (Å²) < 4.78 is 22.9. The average Bonchev–Trinajstić information content (AvgIpc) is 2.32. The summed E-state index contributed by atoms with van der Waals surface area (Å²) in [5.74, 6) is -0.608. The first-order valence-corrected chi connectivity index (χ1v) is 5.70. The summed E-state index contributed by atoms with van der Waals surface area (Å²) in [5, 5.41) is 0. The third kappa shape index (κ3) is 6.02. The van der Waals surface area contributed by atoms with Crippen LogP contribution in [-0.4, -0.2) is 19.2 Å². The molecule has 1 aromatic rings. The minimum Gasteiger partial charge on any atom is -0.461 e. The van der Waals surface area contributed by atoms with E-state index in [9.17, 15) is 9.18 Å². The third-order valence-corrected chi connectivity index (χ3v) is 2.16. The van der Waals surface area contributed by atoms with Gasteiger partial charge in [-0.2, -0.15) is 0 Å². The Balaban J connectivity index is 2.19. The molecule has 0 aromatic heterocycles. The van der Waals surface area contributed by atoms with Crippen molar-refractivity contribution in [3.8, 4) is 0 Å². The van der Waals surface area contributed by atoms with Crippen molar-refractivity contribution < 1.29 is 18.7 Å². The molecule has 0 aliphatic carbocycles. The van der Waals surface area contributed by atoms with E-state index in [1.54, 1.807) is 12.1 Å². The highest BCUT2D eigenvalue weighted by Crippen LogP contribution is 2.06. The zero-order chi connectivity index (χ0) is 12.5. The Morgan fingerprint density at radius 1 is 1.41 bits per heavy atom. The number of rotatable bonds is 7. The Morgan fingerprint density at radius 3 is 2.94 bits per heavy atom. The first kappa shape index (κ1) is 13.6. The van der Waals surface area contributed by atoms with E-state index in [0.717, 1.165) is 0 Å². The van der Waals surface area contributed by atoms with Crippen molar-refractivity contribution >= 4 is 5.97 Å². The van der Waals surface area contributed by atoms with Gasteiger partial charge in [0.2, 0.25) is 0 Å². The zero-order valence-electron chi connectivity index (χ0n) is 9.95. The van der Waals surface area contributed by atoms with Crippen LogP contribution in [0.25, 0.3) is 0 Å². The van der Waals surface area contributed by atoms with Crippen LogP contribution in [0.4, 0.5) is 4.39 Å². The van der Waals surface area contributed by atoms with Crippen molar-refractivity contribution in [3.63, 3.8) is 0 Å². The molecule has 0 radical (unpaired) electrons. The van der Waals surface area contributed by atoms with E-state index in [-0.39, 0.29) is 18.4 Å². The first-order chi connectivity index (χ1) is 8.22. The summed E-state index contributed by atoms with van der Waals surface area (Å²) in [6.45, 7) is 3.23. The summed E-state index contributed by atoms with van der Waals surface area (Å²) in [6, 6.07) is 6.02. The van der Waals surface area contributed by atoms with Crippen molar-refractivity contribution in [2.75, 3.05) is 13.2 Å². The standard InChI is InChI=1S/C13H17FO3/c1-2-16-8-4-7-13(15)17-10-11-5-3-6-12(14)9-11/h3,5-6,9H,2,4,7-8,10H2,1H3. The maximum atomic E-state index is 12.8. The van der Waals surface area contributed by atoms with Crippen molar-refractivity contribution in [1.82, 2.24) is 0 Å². The van der Waals surface area contributed by atoms with Crippen LogP contribution >= 0.6 is 0 Å². The van der Waals surface area contributed by atoms with Gasteiger partial charge in [0.15, 0.2) is 0 Å². The monoisotopic (exact) mass is 240 g/mol. The molecule has 3 nitrogen and oxygen atoms in total. The van der Waals surface area contributed by atoms with Crippen LogP contribution in [0.2, 0.25) is 0 Å². The Labute approximate surface area is 101 Å². The van der Waals surface area contributed by atoms with Gasteiger partial charge in [-0.05, 0) is 31.0 Å².